The summed E-state index contributed by atoms with van der Waals surface area (Å²) in [7, 11) is -3.65. The van der Waals surface area contributed by atoms with Crippen LogP contribution < -0.4 is 5.69 Å². The van der Waals surface area contributed by atoms with Gasteiger partial charge in [-0.1, -0.05) is 42.5 Å². The lowest BCUT2D eigenvalue weighted by Gasteiger charge is -2.34. The molecule has 9 heteroatoms. The summed E-state index contributed by atoms with van der Waals surface area (Å²) < 4.78 is 29.1. The summed E-state index contributed by atoms with van der Waals surface area (Å²) in [5.74, 6) is -0.209. The van der Waals surface area contributed by atoms with E-state index >= 15 is 0 Å². The number of nitrogens with one attached hydrogen (secondary N) is 1. The molecule has 1 fully saturated rings. The minimum Gasteiger partial charge on any atom is -0.338 e. The second-order valence-electron chi connectivity index (χ2n) is 7.83. The third-order valence-electron chi connectivity index (χ3n) is 5.93. The van der Waals surface area contributed by atoms with E-state index in [-0.39, 0.29) is 49.2 Å². The molecule has 1 aromatic heterocycles. The molecule has 0 saturated carbocycles. The number of aromatic nitrogens is 2. The number of para-hydroxylation sites is 2. The quantitative estimate of drug-likeness (QED) is 0.515. The Kier molecular flexibility index (Phi) is 5.07. The molecule has 0 spiro atoms. The molecule has 32 heavy (non-hydrogen) atoms. The topological polar surface area (TPSA) is 95.5 Å². The molecule has 1 aliphatic rings. The number of hydrogen-bond donors (Lipinski definition) is 1. The van der Waals surface area contributed by atoms with Crippen molar-refractivity contribution < 1.29 is 13.2 Å². The van der Waals surface area contributed by atoms with Gasteiger partial charge in [0, 0.05) is 26.2 Å². The van der Waals surface area contributed by atoms with Gasteiger partial charge in [-0.3, -0.25) is 9.36 Å². The normalized spacial score (nSPS) is 15.4. The number of imidazole rings is 1. The molecule has 1 amide bonds. The fourth-order valence-corrected chi connectivity index (χ4v) is 5.61. The Labute approximate surface area is 184 Å². The number of amides is 1. The monoisotopic (exact) mass is 450 g/mol. The van der Waals surface area contributed by atoms with E-state index in [4.69, 9.17) is 0 Å². The van der Waals surface area contributed by atoms with Gasteiger partial charge in [-0.05, 0) is 35.0 Å². The molecule has 1 N–H and O–H groups in total. The lowest BCUT2D eigenvalue weighted by molar-refractivity contribution is -0.133. The van der Waals surface area contributed by atoms with Crippen LogP contribution in [0.15, 0.2) is 76.4 Å². The van der Waals surface area contributed by atoms with Crippen molar-refractivity contribution in [1.29, 1.82) is 0 Å². The van der Waals surface area contributed by atoms with Crippen LogP contribution in [0.2, 0.25) is 0 Å². The van der Waals surface area contributed by atoms with Gasteiger partial charge in [0.25, 0.3) is 0 Å². The number of H-pyrrole nitrogens is 1. The van der Waals surface area contributed by atoms with Crippen molar-refractivity contribution >= 4 is 37.7 Å². The van der Waals surface area contributed by atoms with Crippen LogP contribution in [0.1, 0.15) is 0 Å². The fraction of sp³-hybridized carbons (Fsp3) is 0.217. The zero-order chi connectivity index (χ0) is 22.3. The molecule has 164 valence electrons. The molecule has 4 aromatic rings. The summed E-state index contributed by atoms with van der Waals surface area (Å²) in [5.41, 5.74) is 1.01. The number of carbonyl (C=O) groups excluding carboxylic acids is 1. The highest BCUT2D eigenvalue weighted by molar-refractivity contribution is 7.89. The van der Waals surface area contributed by atoms with Crippen LogP contribution in [-0.4, -0.2) is 59.3 Å². The highest BCUT2D eigenvalue weighted by Crippen LogP contribution is 2.23. The van der Waals surface area contributed by atoms with Gasteiger partial charge in [-0.25, -0.2) is 13.2 Å². The standard InChI is InChI=1S/C23H22N4O4S/c28-22(16-27-21-8-4-3-7-20(21)24-23(27)29)25-11-13-26(14-12-25)32(30,31)19-10-9-17-5-1-2-6-18(17)15-19/h1-10,15H,11-14,16H2,(H,24,29). The zero-order valence-electron chi connectivity index (χ0n) is 17.3. The Balaban J connectivity index is 1.29. The lowest BCUT2D eigenvalue weighted by Crippen LogP contribution is -2.51. The first-order valence-electron chi connectivity index (χ1n) is 10.4. The van der Waals surface area contributed by atoms with Crippen molar-refractivity contribution in [2.45, 2.75) is 11.4 Å². The Hall–Kier alpha value is -3.43. The van der Waals surface area contributed by atoms with E-state index in [0.29, 0.717) is 11.0 Å². The van der Waals surface area contributed by atoms with E-state index in [0.717, 1.165) is 10.8 Å². The highest BCUT2D eigenvalue weighted by Gasteiger charge is 2.30. The predicted octanol–water partition coefficient (Wildman–Crippen LogP) is 2.02. The van der Waals surface area contributed by atoms with E-state index in [1.54, 1.807) is 35.2 Å². The van der Waals surface area contributed by atoms with E-state index in [2.05, 4.69) is 4.98 Å². The minimum atomic E-state index is -3.65. The van der Waals surface area contributed by atoms with Gasteiger partial charge >= 0.3 is 5.69 Å². The second-order valence-corrected chi connectivity index (χ2v) is 9.77. The Morgan fingerprint density at radius 1 is 0.875 bits per heavy atom. The maximum absolute atomic E-state index is 13.1. The summed E-state index contributed by atoms with van der Waals surface area (Å²) >= 11 is 0. The van der Waals surface area contributed by atoms with Crippen LogP contribution >= 0.6 is 0 Å². The van der Waals surface area contributed by atoms with Gasteiger partial charge in [0.1, 0.15) is 6.54 Å². The van der Waals surface area contributed by atoms with Crippen molar-refractivity contribution in [3.63, 3.8) is 0 Å². The third-order valence-corrected chi connectivity index (χ3v) is 7.82. The number of piperazine rings is 1. The second kappa shape index (κ2) is 7.92. The van der Waals surface area contributed by atoms with Gasteiger partial charge in [-0.2, -0.15) is 4.31 Å². The molecule has 0 unspecified atom stereocenters. The number of benzene rings is 3. The van der Waals surface area contributed by atoms with E-state index in [9.17, 15) is 18.0 Å². The number of carbonyl (C=O) groups is 1. The molecule has 0 atom stereocenters. The smallest absolute Gasteiger partial charge is 0.326 e. The largest absolute Gasteiger partial charge is 0.338 e. The average molecular weight is 451 g/mol. The molecular formula is C23H22N4O4S. The van der Waals surface area contributed by atoms with Gasteiger partial charge in [0.15, 0.2) is 0 Å². The summed E-state index contributed by atoms with van der Waals surface area (Å²) in [6.45, 7) is 0.902. The van der Waals surface area contributed by atoms with E-state index in [1.807, 2.05) is 36.4 Å². The first kappa shape index (κ1) is 20.5. The van der Waals surface area contributed by atoms with Crippen molar-refractivity contribution in [3.8, 4) is 0 Å². The van der Waals surface area contributed by atoms with E-state index in [1.165, 1.54) is 8.87 Å². The SMILES string of the molecule is O=C(Cn1c(=O)[nH]c2ccccc21)N1CCN(S(=O)(=O)c2ccc3ccccc3c2)CC1. The maximum Gasteiger partial charge on any atom is 0.326 e. The molecule has 5 rings (SSSR count). The minimum absolute atomic E-state index is 0.0831. The first-order valence-corrected chi connectivity index (χ1v) is 11.8. The van der Waals surface area contributed by atoms with Gasteiger partial charge in [-0.15, -0.1) is 0 Å². The lowest BCUT2D eigenvalue weighted by atomic mass is 10.1. The molecule has 1 aliphatic heterocycles. The van der Waals surface area contributed by atoms with Crippen LogP contribution in [0.25, 0.3) is 21.8 Å². The Bertz CT molecular complexity index is 1480. The van der Waals surface area contributed by atoms with Crippen LogP contribution in [0.4, 0.5) is 0 Å². The number of nitrogens with zero attached hydrogens (tertiary/aromatic N) is 3. The number of fused-ring (bicyclic) bond motifs is 2. The predicted molar refractivity (Wildman–Crippen MR) is 122 cm³/mol. The molecule has 1 saturated heterocycles. The molecule has 0 aliphatic carbocycles. The fourth-order valence-electron chi connectivity index (χ4n) is 4.15. The van der Waals surface area contributed by atoms with Gasteiger partial charge < -0.3 is 9.88 Å². The number of sulfonamides is 1. The molecule has 8 nitrogen and oxygen atoms in total. The van der Waals surface area contributed by atoms with Crippen molar-refractivity contribution in [1.82, 2.24) is 18.8 Å². The molecular weight excluding hydrogens is 428 g/mol. The zero-order valence-corrected chi connectivity index (χ0v) is 18.1. The first-order chi connectivity index (χ1) is 15.4. The van der Waals surface area contributed by atoms with Crippen LogP contribution in [0.3, 0.4) is 0 Å². The van der Waals surface area contributed by atoms with E-state index < -0.39 is 10.0 Å². The maximum atomic E-state index is 13.1. The number of hydrogen-bond acceptors (Lipinski definition) is 4. The van der Waals surface area contributed by atoms with Crippen LogP contribution in [-0.2, 0) is 21.4 Å². The van der Waals surface area contributed by atoms with Crippen molar-refractivity contribution in [2.75, 3.05) is 26.2 Å². The van der Waals surface area contributed by atoms with Gasteiger partial charge in [0.2, 0.25) is 15.9 Å². The highest BCUT2D eigenvalue weighted by atomic mass is 32.2. The van der Waals surface area contributed by atoms with Crippen LogP contribution in [0.5, 0.6) is 0 Å². The van der Waals surface area contributed by atoms with Crippen molar-refractivity contribution in [2.24, 2.45) is 0 Å². The summed E-state index contributed by atoms with van der Waals surface area (Å²) in [6, 6.07) is 19.9. The number of aromatic amines is 1. The van der Waals surface area contributed by atoms with Crippen LogP contribution in [0, 0.1) is 0 Å². The molecule has 0 bridgehead atoms. The summed E-state index contributed by atoms with van der Waals surface area (Å²) in [5, 5.41) is 1.85. The van der Waals surface area contributed by atoms with Crippen molar-refractivity contribution in [3.05, 3.63) is 77.2 Å². The number of rotatable bonds is 4. The molecule has 3 aromatic carbocycles. The Morgan fingerprint density at radius 3 is 2.34 bits per heavy atom. The molecule has 0 radical (unpaired) electrons. The summed E-state index contributed by atoms with van der Waals surface area (Å²) in [4.78, 5) is 29.7. The average Bonchev–Trinajstić information content (AvgIpc) is 3.13. The van der Waals surface area contributed by atoms with Gasteiger partial charge in [0.05, 0.1) is 15.9 Å². The molecule has 2 heterocycles. The third kappa shape index (κ3) is 3.59. The Morgan fingerprint density at radius 2 is 1.56 bits per heavy atom. The summed E-state index contributed by atoms with van der Waals surface area (Å²) in [6.07, 6.45) is 0.